The number of carbonyl (C=O) groups excluding carboxylic acids is 2. The van der Waals surface area contributed by atoms with E-state index in [0.29, 0.717) is 37.2 Å². The molecule has 1 heterocycles. The van der Waals surface area contributed by atoms with Crippen molar-refractivity contribution in [3.05, 3.63) is 65.7 Å². The van der Waals surface area contributed by atoms with Crippen LogP contribution in [0.2, 0.25) is 0 Å². The molecule has 3 amide bonds. The van der Waals surface area contributed by atoms with Gasteiger partial charge in [0.05, 0.1) is 11.5 Å². The van der Waals surface area contributed by atoms with Crippen LogP contribution >= 0.6 is 0 Å². The van der Waals surface area contributed by atoms with Crippen molar-refractivity contribution in [1.29, 1.82) is 0 Å². The normalized spacial score (nSPS) is 16.8. The molecule has 1 aliphatic rings. The molecule has 2 aromatic carbocycles. The van der Waals surface area contributed by atoms with Gasteiger partial charge in [-0.3, -0.25) is 4.79 Å². The first-order valence-corrected chi connectivity index (χ1v) is 9.76. The van der Waals surface area contributed by atoms with E-state index in [2.05, 4.69) is 5.32 Å². The Labute approximate surface area is 173 Å². The molecule has 1 aliphatic heterocycles. The first kappa shape index (κ1) is 21.7. The molecule has 30 heavy (non-hydrogen) atoms. The van der Waals surface area contributed by atoms with E-state index < -0.39 is 11.7 Å². The van der Waals surface area contributed by atoms with E-state index in [4.69, 9.17) is 0 Å². The van der Waals surface area contributed by atoms with E-state index in [1.807, 2.05) is 18.2 Å². The third kappa shape index (κ3) is 5.52. The number of urea groups is 1. The summed E-state index contributed by atoms with van der Waals surface area (Å²) in [5, 5.41) is 2.83. The molecule has 0 saturated carbocycles. The molecule has 3 rings (SSSR count). The van der Waals surface area contributed by atoms with Crippen LogP contribution in [0.1, 0.15) is 24.0 Å². The Bertz CT molecular complexity index is 869. The largest absolute Gasteiger partial charge is 0.416 e. The van der Waals surface area contributed by atoms with Crippen LogP contribution in [0.5, 0.6) is 0 Å². The summed E-state index contributed by atoms with van der Waals surface area (Å²) >= 11 is 0. The summed E-state index contributed by atoms with van der Waals surface area (Å²) in [6, 6.07) is 13.7. The minimum absolute atomic E-state index is 0.118. The van der Waals surface area contributed by atoms with Crippen LogP contribution in [0, 0.1) is 5.92 Å². The minimum Gasteiger partial charge on any atom is -0.341 e. The second-order valence-electron chi connectivity index (χ2n) is 7.47. The van der Waals surface area contributed by atoms with Crippen molar-refractivity contribution in [2.75, 3.05) is 25.5 Å². The maximum atomic E-state index is 12.8. The number of hydrogen-bond donors (Lipinski definition) is 1. The van der Waals surface area contributed by atoms with Gasteiger partial charge in [-0.2, -0.15) is 13.2 Å². The second-order valence-corrected chi connectivity index (χ2v) is 7.47. The summed E-state index contributed by atoms with van der Waals surface area (Å²) in [5.41, 5.74) is 0.594. The van der Waals surface area contributed by atoms with Gasteiger partial charge < -0.3 is 15.1 Å². The Morgan fingerprint density at radius 2 is 1.77 bits per heavy atom. The lowest BCUT2D eigenvalue weighted by Gasteiger charge is -2.34. The van der Waals surface area contributed by atoms with E-state index in [1.165, 1.54) is 17.0 Å². The number of carbonyl (C=O) groups is 2. The fraction of sp³-hybridized carbons (Fsp3) is 0.364. The monoisotopic (exact) mass is 419 g/mol. The van der Waals surface area contributed by atoms with Crippen molar-refractivity contribution in [2.24, 2.45) is 5.92 Å². The molecule has 1 N–H and O–H groups in total. The molecule has 0 aliphatic carbocycles. The van der Waals surface area contributed by atoms with Crippen LogP contribution < -0.4 is 5.32 Å². The van der Waals surface area contributed by atoms with Gasteiger partial charge in [0, 0.05) is 32.4 Å². The Kier molecular flexibility index (Phi) is 6.64. The third-order valence-electron chi connectivity index (χ3n) is 5.16. The van der Waals surface area contributed by atoms with Gasteiger partial charge in [0.25, 0.3) is 0 Å². The molecule has 1 fully saturated rings. The summed E-state index contributed by atoms with van der Waals surface area (Å²) in [4.78, 5) is 28.5. The molecular formula is C22H24F3N3O2. The lowest BCUT2D eigenvalue weighted by molar-refractivity contribution is -0.138. The molecule has 0 bridgehead atoms. The summed E-state index contributed by atoms with van der Waals surface area (Å²) in [7, 11) is 1.63. The Balaban J connectivity index is 1.57. The number of likely N-dealkylation sites (tertiary alicyclic amines) is 1. The number of halogens is 3. The molecule has 0 unspecified atom stereocenters. The smallest absolute Gasteiger partial charge is 0.341 e. The van der Waals surface area contributed by atoms with Gasteiger partial charge in [-0.25, -0.2) is 4.79 Å². The average Bonchev–Trinajstić information content (AvgIpc) is 2.73. The molecule has 8 heteroatoms. The summed E-state index contributed by atoms with van der Waals surface area (Å²) < 4.78 is 38.1. The van der Waals surface area contributed by atoms with Crippen molar-refractivity contribution in [1.82, 2.24) is 9.80 Å². The van der Waals surface area contributed by atoms with E-state index in [0.717, 1.165) is 12.1 Å². The maximum Gasteiger partial charge on any atom is 0.416 e. The van der Waals surface area contributed by atoms with Gasteiger partial charge in [0.15, 0.2) is 0 Å². The number of nitrogens with one attached hydrogen (secondary N) is 1. The standard InChI is InChI=1S/C22H24F3N3O2/c1-27(14-16-9-11-18(12-10-16)22(23,24)25)20(29)17-6-5-13-28(15-17)21(30)26-19-7-3-2-4-8-19/h2-4,7-12,17H,5-6,13-15H2,1H3,(H,26,30)/t17-/m1/s1. The zero-order valence-electron chi connectivity index (χ0n) is 16.7. The minimum atomic E-state index is -4.38. The summed E-state index contributed by atoms with van der Waals surface area (Å²) in [6.07, 6.45) is -3.00. The lowest BCUT2D eigenvalue weighted by Crippen LogP contribution is -2.47. The van der Waals surface area contributed by atoms with E-state index >= 15 is 0 Å². The Morgan fingerprint density at radius 3 is 2.40 bits per heavy atom. The SMILES string of the molecule is CN(Cc1ccc(C(F)(F)F)cc1)C(=O)[C@@H]1CCCN(C(=O)Nc2ccccc2)C1. The zero-order valence-corrected chi connectivity index (χ0v) is 16.7. The van der Waals surface area contributed by atoms with Crippen molar-refractivity contribution in [3.8, 4) is 0 Å². The molecule has 0 spiro atoms. The molecule has 1 atom stereocenters. The second kappa shape index (κ2) is 9.19. The van der Waals surface area contributed by atoms with Gasteiger partial charge in [0.1, 0.15) is 0 Å². The molecular weight excluding hydrogens is 395 g/mol. The number of para-hydroxylation sites is 1. The average molecular weight is 419 g/mol. The van der Waals surface area contributed by atoms with E-state index in [1.54, 1.807) is 24.1 Å². The van der Waals surface area contributed by atoms with Gasteiger partial charge >= 0.3 is 12.2 Å². The predicted molar refractivity (Wildman–Crippen MR) is 108 cm³/mol. The van der Waals surface area contributed by atoms with Crippen LogP contribution in [0.3, 0.4) is 0 Å². The first-order chi connectivity index (χ1) is 14.2. The van der Waals surface area contributed by atoms with Gasteiger partial charge in [-0.05, 0) is 42.7 Å². The zero-order chi connectivity index (χ0) is 21.7. The van der Waals surface area contributed by atoms with Crippen molar-refractivity contribution >= 4 is 17.6 Å². The van der Waals surface area contributed by atoms with Crippen molar-refractivity contribution in [3.63, 3.8) is 0 Å². The highest BCUT2D eigenvalue weighted by Gasteiger charge is 2.31. The van der Waals surface area contributed by atoms with Crippen LogP contribution in [0.4, 0.5) is 23.7 Å². The highest BCUT2D eigenvalue weighted by molar-refractivity contribution is 5.90. The molecule has 160 valence electrons. The fourth-order valence-electron chi connectivity index (χ4n) is 3.55. The van der Waals surface area contributed by atoms with Crippen LogP contribution in [0.25, 0.3) is 0 Å². The molecule has 5 nitrogen and oxygen atoms in total. The van der Waals surface area contributed by atoms with Gasteiger partial charge in [-0.15, -0.1) is 0 Å². The summed E-state index contributed by atoms with van der Waals surface area (Å²) in [6.45, 7) is 1.10. The third-order valence-corrected chi connectivity index (χ3v) is 5.16. The van der Waals surface area contributed by atoms with E-state index in [-0.39, 0.29) is 24.4 Å². The molecule has 2 aromatic rings. The highest BCUT2D eigenvalue weighted by atomic mass is 19.4. The van der Waals surface area contributed by atoms with E-state index in [9.17, 15) is 22.8 Å². The van der Waals surface area contributed by atoms with Crippen molar-refractivity contribution in [2.45, 2.75) is 25.6 Å². The quantitative estimate of drug-likeness (QED) is 0.787. The Hall–Kier alpha value is -3.03. The number of piperidine rings is 1. The lowest BCUT2D eigenvalue weighted by atomic mass is 9.96. The first-order valence-electron chi connectivity index (χ1n) is 9.76. The highest BCUT2D eigenvalue weighted by Crippen LogP contribution is 2.29. The van der Waals surface area contributed by atoms with Gasteiger partial charge in [-0.1, -0.05) is 30.3 Å². The predicted octanol–water partition coefficient (Wildman–Crippen LogP) is 4.61. The number of benzene rings is 2. The maximum absolute atomic E-state index is 12.8. The van der Waals surface area contributed by atoms with Crippen molar-refractivity contribution < 1.29 is 22.8 Å². The molecule has 0 radical (unpaired) electrons. The topological polar surface area (TPSA) is 52.7 Å². The fourth-order valence-corrected chi connectivity index (χ4v) is 3.55. The number of anilines is 1. The van der Waals surface area contributed by atoms with Crippen LogP contribution in [-0.2, 0) is 17.5 Å². The number of nitrogens with zero attached hydrogens (tertiary/aromatic N) is 2. The molecule has 1 saturated heterocycles. The number of amides is 3. The Morgan fingerprint density at radius 1 is 1.10 bits per heavy atom. The van der Waals surface area contributed by atoms with Crippen LogP contribution in [0.15, 0.2) is 54.6 Å². The number of rotatable bonds is 4. The van der Waals surface area contributed by atoms with Crippen LogP contribution in [-0.4, -0.2) is 41.9 Å². The van der Waals surface area contributed by atoms with Gasteiger partial charge in [0.2, 0.25) is 5.91 Å². The number of alkyl halides is 3. The summed E-state index contributed by atoms with van der Waals surface area (Å²) in [5.74, 6) is -0.452. The molecule has 0 aromatic heterocycles. The number of hydrogen-bond acceptors (Lipinski definition) is 2.